The van der Waals surface area contributed by atoms with Gasteiger partial charge in [0.2, 0.25) is 0 Å². The summed E-state index contributed by atoms with van der Waals surface area (Å²) in [6.45, 7) is 2.84. The molecule has 0 bridgehead atoms. The molecule has 3 aromatic heterocycles. The Hall–Kier alpha value is -2.31. The van der Waals surface area contributed by atoms with Crippen LogP contribution >= 0.6 is 22.7 Å². The topological polar surface area (TPSA) is 50.7 Å². The number of rotatable bonds is 5. The smallest absolute Gasteiger partial charge is 0.138 e. The fourth-order valence-electron chi connectivity index (χ4n) is 2.67. The lowest BCUT2D eigenvalue weighted by Gasteiger charge is -2.07. The lowest BCUT2D eigenvalue weighted by molar-refractivity contribution is 0.961. The third-order valence-electron chi connectivity index (χ3n) is 3.80. The van der Waals surface area contributed by atoms with Crippen molar-refractivity contribution >= 4 is 38.7 Å². The maximum absolute atomic E-state index is 4.51. The van der Waals surface area contributed by atoms with Crippen LogP contribution in [-0.2, 0) is 6.42 Å². The lowest BCUT2D eigenvalue weighted by Crippen LogP contribution is -2.07. The molecule has 4 aromatic rings. The molecule has 4 nitrogen and oxygen atoms in total. The standard InChI is InChI=1S/C18H16N4S2/c1-12-22-14(9-23-12)7-8-19-17-16-15(13-5-3-2-4-6-13)10-24-18(16)21-11-20-17/h2-6,9-11H,7-8H2,1H3,(H,19,20,21). The van der Waals surface area contributed by atoms with Crippen LogP contribution in [0, 0.1) is 6.92 Å². The van der Waals surface area contributed by atoms with Crippen molar-refractivity contribution < 1.29 is 0 Å². The van der Waals surface area contributed by atoms with Gasteiger partial charge in [-0.1, -0.05) is 30.3 Å². The van der Waals surface area contributed by atoms with Gasteiger partial charge < -0.3 is 5.32 Å². The Morgan fingerprint density at radius 3 is 2.71 bits per heavy atom. The summed E-state index contributed by atoms with van der Waals surface area (Å²) in [5, 5.41) is 9.95. The molecule has 0 aliphatic rings. The van der Waals surface area contributed by atoms with Crippen LogP contribution in [0.15, 0.2) is 47.4 Å². The van der Waals surface area contributed by atoms with Crippen molar-refractivity contribution in [3.8, 4) is 11.1 Å². The Balaban J connectivity index is 1.62. The fraction of sp³-hybridized carbons (Fsp3) is 0.167. The summed E-state index contributed by atoms with van der Waals surface area (Å²) in [6.07, 6.45) is 2.52. The van der Waals surface area contributed by atoms with E-state index in [4.69, 9.17) is 0 Å². The first-order valence-corrected chi connectivity index (χ1v) is 9.49. The zero-order chi connectivity index (χ0) is 16.4. The average Bonchev–Trinajstić information content (AvgIpc) is 3.22. The molecule has 0 spiro atoms. The van der Waals surface area contributed by atoms with Crippen LogP contribution in [0.3, 0.4) is 0 Å². The van der Waals surface area contributed by atoms with Crippen LogP contribution in [0.5, 0.6) is 0 Å². The summed E-state index contributed by atoms with van der Waals surface area (Å²) in [5.41, 5.74) is 3.50. The summed E-state index contributed by atoms with van der Waals surface area (Å²) >= 11 is 3.35. The van der Waals surface area contributed by atoms with Gasteiger partial charge in [0.15, 0.2) is 0 Å². The first-order valence-electron chi connectivity index (χ1n) is 7.74. The molecule has 0 amide bonds. The van der Waals surface area contributed by atoms with E-state index in [1.54, 1.807) is 29.0 Å². The van der Waals surface area contributed by atoms with Gasteiger partial charge in [0.1, 0.15) is 17.0 Å². The monoisotopic (exact) mass is 352 g/mol. The third kappa shape index (κ3) is 3.02. The summed E-state index contributed by atoms with van der Waals surface area (Å²) < 4.78 is 0. The van der Waals surface area contributed by atoms with Gasteiger partial charge in [-0.2, -0.15) is 0 Å². The maximum Gasteiger partial charge on any atom is 0.138 e. The SMILES string of the molecule is Cc1nc(CCNc2ncnc3scc(-c4ccccc4)c23)cs1. The zero-order valence-electron chi connectivity index (χ0n) is 13.2. The predicted octanol–water partition coefficient (Wildman–Crippen LogP) is 4.78. The molecular formula is C18H16N4S2. The van der Waals surface area contributed by atoms with E-state index in [0.717, 1.165) is 39.7 Å². The van der Waals surface area contributed by atoms with Crippen molar-refractivity contribution in [3.63, 3.8) is 0 Å². The molecular weight excluding hydrogens is 336 g/mol. The highest BCUT2D eigenvalue weighted by Crippen LogP contribution is 2.36. The van der Waals surface area contributed by atoms with Crippen LogP contribution in [0.1, 0.15) is 10.7 Å². The molecule has 120 valence electrons. The Morgan fingerprint density at radius 2 is 1.92 bits per heavy atom. The van der Waals surface area contributed by atoms with Gasteiger partial charge >= 0.3 is 0 Å². The highest BCUT2D eigenvalue weighted by molar-refractivity contribution is 7.17. The molecule has 0 atom stereocenters. The van der Waals surface area contributed by atoms with Crippen LogP contribution < -0.4 is 5.32 Å². The number of aromatic nitrogens is 3. The molecule has 0 saturated heterocycles. The normalized spacial score (nSPS) is 11.0. The first-order chi connectivity index (χ1) is 11.8. The minimum Gasteiger partial charge on any atom is -0.369 e. The number of thiazole rings is 1. The summed E-state index contributed by atoms with van der Waals surface area (Å²) in [4.78, 5) is 14.4. The van der Waals surface area contributed by atoms with Crippen molar-refractivity contribution in [3.05, 3.63) is 58.1 Å². The fourth-order valence-corrected chi connectivity index (χ4v) is 4.23. The van der Waals surface area contributed by atoms with E-state index in [-0.39, 0.29) is 0 Å². The van der Waals surface area contributed by atoms with Gasteiger partial charge in [0.25, 0.3) is 0 Å². The molecule has 0 aliphatic carbocycles. The second kappa shape index (κ2) is 6.67. The third-order valence-corrected chi connectivity index (χ3v) is 5.50. The minimum atomic E-state index is 0.805. The Morgan fingerprint density at radius 1 is 1.04 bits per heavy atom. The van der Waals surface area contributed by atoms with Gasteiger partial charge in [-0.3, -0.25) is 0 Å². The average molecular weight is 352 g/mol. The Kier molecular flexibility index (Phi) is 4.23. The van der Waals surface area contributed by atoms with E-state index in [2.05, 4.69) is 55.3 Å². The van der Waals surface area contributed by atoms with Crippen molar-refractivity contribution in [1.29, 1.82) is 0 Å². The molecule has 3 heterocycles. The molecule has 24 heavy (non-hydrogen) atoms. The highest BCUT2D eigenvalue weighted by atomic mass is 32.1. The zero-order valence-corrected chi connectivity index (χ0v) is 14.8. The minimum absolute atomic E-state index is 0.805. The van der Waals surface area contributed by atoms with Gasteiger partial charge in [-0.05, 0) is 12.5 Å². The quantitative estimate of drug-likeness (QED) is 0.562. The molecule has 4 rings (SSSR count). The van der Waals surface area contributed by atoms with Crippen LogP contribution in [0.2, 0.25) is 0 Å². The van der Waals surface area contributed by atoms with Crippen molar-refractivity contribution in [2.24, 2.45) is 0 Å². The number of nitrogens with one attached hydrogen (secondary N) is 1. The van der Waals surface area contributed by atoms with E-state index in [1.165, 1.54) is 11.1 Å². The molecule has 1 aromatic carbocycles. The van der Waals surface area contributed by atoms with E-state index >= 15 is 0 Å². The maximum atomic E-state index is 4.51. The van der Waals surface area contributed by atoms with Gasteiger partial charge in [0, 0.05) is 29.3 Å². The van der Waals surface area contributed by atoms with Gasteiger partial charge in [-0.15, -0.1) is 22.7 Å². The number of benzene rings is 1. The number of hydrogen-bond acceptors (Lipinski definition) is 6. The van der Waals surface area contributed by atoms with Crippen LogP contribution in [0.4, 0.5) is 5.82 Å². The van der Waals surface area contributed by atoms with Crippen LogP contribution in [0.25, 0.3) is 21.3 Å². The second-order valence-corrected chi connectivity index (χ2v) is 7.37. The molecule has 1 N–H and O–H groups in total. The van der Waals surface area contributed by atoms with Gasteiger partial charge in [-0.25, -0.2) is 15.0 Å². The molecule has 0 fully saturated rings. The Labute approximate surface area is 148 Å². The van der Waals surface area contributed by atoms with E-state index in [9.17, 15) is 0 Å². The number of fused-ring (bicyclic) bond motifs is 1. The molecule has 0 radical (unpaired) electrons. The molecule has 0 saturated carbocycles. The second-order valence-electron chi connectivity index (χ2n) is 5.45. The van der Waals surface area contributed by atoms with Crippen molar-refractivity contribution in [1.82, 2.24) is 15.0 Å². The lowest BCUT2D eigenvalue weighted by atomic mass is 10.1. The number of nitrogens with zero attached hydrogens (tertiary/aromatic N) is 3. The Bertz CT molecular complexity index is 959. The number of hydrogen-bond donors (Lipinski definition) is 1. The van der Waals surface area contributed by atoms with E-state index < -0.39 is 0 Å². The van der Waals surface area contributed by atoms with E-state index in [0.29, 0.717) is 0 Å². The van der Waals surface area contributed by atoms with Gasteiger partial charge in [0.05, 0.1) is 16.1 Å². The summed E-state index contributed by atoms with van der Waals surface area (Å²) in [5.74, 6) is 0.895. The van der Waals surface area contributed by atoms with Crippen LogP contribution in [-0.4, -0.2) is 21.5 Å². The first kappa shape index (κ1) is 15.2. The molecule has 6 heteroatoms. The molecule has 0 aliphatic heterocycles. The van der Waals surface area contributed by atoms with Crippen molar-refractivity contribution in [2.45, 2.75) is 13.3 Å². The number of aryl methyl sites for hydroxylation is 1. The van der Waals surface area contributed by atoms with E-state index in [1.807, 2.05) is 13.0 Å². The molecule has 0 unspecified atom stereocenters. The summed E-state index contributed by atoms with van der Waals surface area (Å²) in [7, 11) is 0. The summed E-state index contributed by atoms with van der Waals surface area (Å²) in [6, 6.07) is 10.4. The van der Waals surface area contributed by atoms with Crippen molar-refractivity contribution in [2.75, 3.05) is 11.9 Å². The number of anilines is 1. The highest BCUT2D eigenvalue weighted by Gasteiger charge is 2.12. The predicted molar refractivity (Wildman–Crippen MR) is 102 cm³/mol. The largest absolute Gasteiger partial charge is 0.369 e. The number of thiophene rings is 1.